The van der Waals surface area contributed by atoms with Crippen LogP contribution in [0.4, 0.5) is 0 Å². The van der Waals surface area contributed by atoms with Crippen molar-refractivity contribution in [2.24, 2.45) is 9.98 Å². The zero-order chi connectivity index (χ0) is 33.3. The lowest BCUT2D eigenvalue weighted by atomic mass is 9.91. The molecule has 0 spiro atoms. The highest BCUT2D eigenvalue weighted by molar-refractivity contribution is 6.16. The molecule has 0 aromatic heterocycles. The van der Waals surface area contributed by atoms with Gasteiger partial charge in [0.05, 0.1) is 0 Å². The molecule has 9 rings (SSSR count). The number of phenols is 4. The zero-order valence-corrected chi connectivity index (χ0v) is 26.0. The summed E-state index contributed by atoms with van der Waals surface area (Å²) in [6, 6.07) is 43.2. The molecule has 0 heterocycles. The maximum Gasteiger partial charge on any atom is 0.202 e. The van der Waals surface area contributed by atoms with Crippen molar-refractivity contribution in [1.29, 1.82) is 0 Å². The zero-order valence-electron chi connectivity index (χ0n) is 26.0. The highest BCUT2D eigenvalue weighted by Gasteiger charge is 2.44. The molecule has 6 nitrogen and oxygen atoms in total. The van der Waals surface area contributed by atoms with Crippen molar-refractivity contribution < 1.29 is 20.4 Å². The fourth-order valence-electron chi connectivity index (χ4n) is 7.24. The summed E-state index contributed by atoms with van der Waals surface area (Å²) in [6.45, 7) is 0. The van der Waals surface area contributed by atoms with E-state index in [1.54, 1.807) is 24.3 Å². The summed E-state index contributed by atoms with van der Waals surface area (Å²) in [6.07, 6.45) is 3.06. The molecular weight excluding hydrogens is 608 g/mol. The standard InChI is InChI=1S/C43H28N2O4/c46-37-13-5-11-31(41(37)48)23-44-43(45-24-32-12-6-14-38(47)42(32)49)35-17-15-29-19-25-7-1-3-9-27(25)21-33(29)39(35)40-34-22-28-10-4-2-8-26(28)20-30(34)16-18-36(40)43/h1-24,46-49H. The van der Waals surface area contributed by atoms with E-state index in [1.807, 2.05) is 24.3 Å². The Balaban J connectivity index is 1.43. The first-order chi connectivity index (χ1) is 23.9. The predicted octanol–water partition coefficient (Wildman–Crippen LogP) is 9.54. The van der Waals surface area contributed by atoms with Crippen LogP contribution in [0.2, 0.25) is 0 Å². The van der Waals surface area contributed by atoms with Crippen molar-refractivity contribution in [2.45, 2.75) is 5.66 Å². The quantitative estimate of drug-likeness (QED) is 0.0877. The second-order valence-electron chi connectivity index (χ2n) is 12.4. The number of aliphatic imine (C=N–C) groups is 2. The highest BCUT2D eigenvalue weighted by Crippen LogP contribution is 2.56. The summed E-state index contributed by atoms with van der Waals surface area (Å²) in [7, 11) is 0. The number of hydrogen-bond donors (Lipinski definition) is 4. The molecule has 8 aromatic rings. The van der Waals surface area contributed by atoms with Crippen LogP contribution in [0.5, 0.6) is 23.0 Å². The Morgan fingerprint density at radius 2 is 0.816 bits per heavy atom. The van der Waals surface area contributed by atoms with Gasteiger partial charge in [-0.15, -0.1) is 0 Å². The number of benzene rings is 8. The number of hydrogen-bond acceptors (Lipinski definition) is 6. The Hall–Kier alpha value is -6.66. The van der Waals surface area contributed by atoms with Crippen LogP contribution in [-0.4, -0.2) is 32.9 Å². The van der Waals surface area contributed by atoms with E-state index in [4.69, 9.17) is 9.98 Å². The van der Waals surface area contributed by atoms with Crippen LogP contribution in [0.15, 0.2) is 143 Å². The van der Waals surface area contributed by atoms with Gasteiger partial charge < -0.3 is 20.4 Å². The molecule has 0 aliphatic heterocycles. The van der Waals surface area contributed by atoms with Gasteiger partial charge in [0.2, 0.25) is 5.66 Å². The lowest BCUT2D eigenvalue weighted by molar-refractivity contribution is 0.403. The van der Waals surface area contributed by atoms with Gasteiger partial charge in [-0.1, -0.05) is 84.9 Å². The molecule has 0 amide bonds. The molecule has 1 aliphatic rings. The molecule has 0 radical (unpaired) electrons. The fourth-order valence-corrected chi connectivity index (χ4v) is 7.24. The van der Waals surface area contributed by atoms with Gasteiger partial charge in [-0.3, -0.25) is 9.98 Å². The van der Waals surface area contributed by atoms with Crippen molar-refractivity contribution in [3.63, 3.8) is 0 Å². The van der Waals surface area contributed by atoms with Crippen LogP contribution in [0.25, 0.3) is 54.2 Å². The van der Waals surface area contributed by atoms with Gasteiger partial charge in [0, 0.05) is 34.7 Å². The van der Waals surface area contributed by atoms with Gasteiger partial charge in [0.25, 0.3) is 0 Å². The fraction of sp³-hybridized carbons (Fsp3) is 0.0233. The van der Waals surface area contributed by atoms with E-state index in [0.717, 1.165) is 65.3 Å². The monoisotopic (exact) mass is 636 g/mol. The minimum atomic E-state index is -1.37. The third kappa shape index (κ3) is 4.35. The van der Waals surface area contributed by atoms with Gasteiger partial charge in [-0.25, -0.2) is 0 Å². The van der Waals surface area contributed by atoms with Crippen LogP contribution >= 0.6 is 0 Å². The molecule has 4 N–H and O–H groups in total. The summed E-state index contributed by atoms with van der Waals surface area (Å²) >= 11 is 0. The number of fused-ring (bicyclic) bond motifs is 9. The largest absolute Gasteiger partial charge is 0.504 e. The number of rotatable bonds is 4. The van der Waals surface area contributed by atoms with E-state index in [9.17, 15) is 20.4 Å². The van der Waals surface area contributed by atoms with E-state index in [1.165, 1.54) is 24.6 Å². The Kier molecular flexibility index (Phi) is 6.23. The summed E-state index contributed by atoms with van der Waals surface area (Å²) in [4.78, 5) is 10.4. The number of aromatic hydroxyl groups is 4. The number of nitrogens with zero attached hydrogens (tertiary/aromatic N) is 2. The van der Waals surface area contributed by atoms with Gasteiger partial charge in [-0.05, 0) is 103 Å². The molecule has 234 valence electrons. The Bertz CT molecular complexity index is 2540. The summed E-state index contributed by atoms with van der Waals surface area (Å²) in [5, 5.41) is 50.8. The highest BCUT2D eigenvalue weighted by atomic mass is 16.3. The van der Waals surface area contributed by atoms with Crippen molar-refractivity contribution in [3.8, 4) is 34.1 Å². The Morgan fingerprint density at radius 3 is 1.24 bits per heavy atom. The lowest BCUT2D eigenvalue weighted by Gasteiger charge is -2.24. The minimum absolute atomic E-state index is 0.255. The van der Waals surface area contributed by atoms with Crippen LogP contribution in [0.1, 0.15) is 22.3 Å². The first-order valence-corrected chi connectivity index (χ1v) is 16.0. The average molecular weight is 637 g/mol. The maximum atomic E-state index is 10.8. The summed E-state index contributed by atoms with van der Waals surface area (Å²) in [5.41, 5.74) is 2.89. The molecule has 6 heteroatoms. The predicted molar refractivity (Wildman–Crippen MR) is 197 cm³/mol. The molecule has 0 fully saturated rings. The van der Waals surface area contributed by atoms with Gasteiger partial charge in [0.1, 0.15) is 0 Å². The number of phenolic OH excluding ortho intramolecular Hbond substituents is 4. The average Bonchev–Trinajstić information content (AvgIpc) is 3.41. The van der Waals surface area contributed by atoms with Crippen LogP contribution in [0, 0.1) is 0 Å². The van der Waals surface area contributed by atoms with Gasteiger partial charge >= 0.3 is 0 Å². The molecule has 0 atom stereocenters. The van der Waals surface area contributed by atoms with Crippen LogP contribution in [0.3, 0.4) is 0 Å². The van der Waals surface area contributed by atoms with E-state index in [-0.39, 0.29) is 23.0 Å². The molecule has 8 aromatic carbocycles. The normalized spacial score (nSPS) is 13.6. The molecular formula is C43H28N2O4. The maximum absolute atomic E-state index is 10.8. The Labute approximate surface area is 280 Å². The van der Waals surface area contributed by atoms with Crippen molar-refractivity contribution in [3.05, 3.63) is 156 Å². The van der Waals surface area contributed by atoms with Gasteiger partial charge in [-0.2, -0.15) is 0 Å². The molecule has 49 heavy (non-hydrogen) atoms. The summed E-state index contributed by atoms with van der Waals surface area (Å²) < 4.78 is 0. The number of para-hydroxylation sites is 2. The molecule has 0 saturated carbocycles. The van der Waals surface area contributed by atoms with Crippen LogP contribution < -0.4 is 0 Å². The second kappa shape index (κ2) is 10.7. The first-order valence-electron chi connectivity index (χ1n) is 16.0. The van der Waals surface area contributed by atoms with E-state index in [0.29, 0.717) is 11.1 Å². The third-order valence-electron chi connectivity index (χ3n) is 9.65. The lowest BCUT2D eigenvalue weighted by Crippen LogP contribution is -2.21. The van der Waals surface area contributed by atoms with Gasteiger partial charge in [0.15, 0.2) is 23.0 Å². The molecule has 0 bridgehead atoms. The smallest absolute Gasteiger partial charge is 0.202 e. The Morgan fingerprint density at radius 1 is 0.408 bits per heavy atom. The van der Waals surface area contributed by atoms with E-state index in [2.05, 4.69) is 72.8 Å². The van der Waals surface area contributed by atoms with Crippen LogP contribution in [-0.2, 0) is 5.66 Å². The van der Waals surface area contributed by atoms with Crippen molar-refractivity contribution in [1.82, 2.24) is 0 Å². The molecule has 0 saturated heterocycles. The van der Waals surface area contributed by atoms with E-state index < -0.39 is 5.66 Å². The molecule has 0 unspecified atom stereocenters. The van der Waals surface area contributed by atoms with Crippen molar-refractivity contribution >= 4 is 55.5 Å². The second-order valence-corrected chi connectivity index (χ2v) is 12.4. The third-order valence-corrected chi connectivity index (χ3v) is 9.65. The molecule has 1 aliphatic carbocycles. The minimum Gasteiger partial charge on any atom is -0.504 e. The first kappa shape index (κ1) is 28.6. The van der Waals surface area contributed by atoms with Crippen molar-refractivity contribution in [2.75, 3.05) is 0 Å². The SMILES string of the molecule is Oc1cccc(C=NC2(N=Cc3cccc(O)c3O)c3ccc4cc5ccccc5cc4c3-c3c2ccc2cc4ccccc4cc32)c1O. The van der Waals surface area contributed by atoms with E-state index >= 15 is 0 Å². The topological polar surface area (TPSA) is 106 Å². The summed E-state index contributed by atoms with van der Waals surface area (Å²) in [5.74, 6) is -1.09.